The molecule has 0 N–H and O–H groups in total. The van der Waals surface area contributed by atoms with Crippen molar-refractivity contribution >= 4 is 52.3 Å². The van der Waals surface area contributed by atoms with Gasteiger partial charge >= 0.3 is 0 Å². The summed E-state index contributed by atoms with van der Waals surface area (Å²) in [6, 6.07) is 14.7. The largest absolute Gasteiger partial charge is 0.367 e. The molecule has 2 aromatic heterocycles. The van der Waals surface area contributed by atoms with E-state index in [9.17, 15) is 9.18 Å². The van der Waals surface area contributed by atoms with Crippen LogP contribution in [0, 0.1) is 5.82 Å². The van der Waals surface area contributed by atoms with Gasteiger partial charge in [-0.05, 0) is 31.2 Å². The summed E-state index contributed by atoms with van der Waals surface area (Å²) in [6.45, 7) is 4.88. The third kappa shape index (κ3) is 5.11. The zero-order valence-electron chi connectivity index (χ0n) is 18.1. The van der Waals surface area contributed by atoms with E-state index in [2.05, 4.69) is 19.8 Å². The lowest BCUT2D eigenvalue weighted by Gasteiger charge is -2.36. The van der Waals surface area contributed by atoms with Gasteiger partial charge in [0.15, 0.2) is 0 Å². The number of halogens is 3. The first-order valence-corrected chi connectivity index (χ1v) is 10.7. The molecule has 1 fully saturated rings. The quantitative estimate of drug-likeness (QED) is 0.394. The van der Waals surface area contributed by atoms with Gasteiger partial charge in [0, 0.05) is 44.3 Å². The Hall–Kier alpha value is -2.74. The molecule has 1 aliphatic heterocycles. The molecular weight excluding hydrogens is 464 g/mol. The van der Waals surface area contributed by atoms with Crippen molar-refractivity contribution in [1.29, 1.82) is 0 Å². The van der Waals surface area contributed by atoms with Crippen LogP contribution in [0.1, 0.15) is 6.42 Å². The van der Waals surface area contributed by atoms with Gasteiger partial charge in [0.05, 0.1) is 28.4 Å². The number of hydrogen-bond donors (Lipinski definition) is 0. The molecule has 0 aliphatic carbocycles. The molecule has 174 valence electrons. The van der Waals surface area contributed by atoms with Crippen LogP contribution in [-0.4, -0.2) is 52.2 Å². The van der Waals surface area contributed by atoms with Crippen molar-refractivity contribution in [2.45, 2.75) is 13.0 Å². The van der Waals surface area contributed by atoms with Crippen molar-refractivity contribution < 1.29 is 4.39 Å². The van der Waals surface area contributed by atoms with Gasteiger partial charge in [0.25, 0.3) is 5.56 Å². The number of benzene rings is 2. The molecule has 0 saturated carbocycles. The molecular formula is C24H26Cl2FN5O. The summed E-state index contributed by atoms with van der Waals surface area (Å²) in [6.07, 6.45) is 4.13. The monoisotopic (exact) mass is 489 g/mol. The number of aryl methyl sites for hydroxylation is 1. The number of nitrogens with zero attached hydrogens (tertiary/aromatic N) is 5. The minimum absolute atomic E-state index is 0. The van der Waals surface area contributed by atoms with Crippen molar-refractivity contribution in [3.63, 3.8) is 0 Å². The molecule has 2 aromatic carbocycles. The van der Waals surface area contributed by atoms with E-state index in [1.807, 2.05) is 36.4 Å². The number of piperazine rings is 1. The fourth-order valence-corrected chi connectivity index (χ4v) is 4.30. The fourth-order valence-electron chi connectivity index (χ4n) is 4.30. The van der Waals surface area contributed by atoms with Crippen molar-refractivity contribution in [2.75, 3.05) is 37.6 Å². The summed E-state index contributed by atoms with van der Waals surface area (Å²) < 4.78 is 15.7. The van der Waals surface area contributed by atoms with Gasteiger partial charge in [-0.1, -0.05) is 30.3 Å². The molecule has 6 nitrogen and oxygen atoms in total. The van der Waals surface area contributed by atoms with Gasteiger partial charge in [-0.15, -0.1) is 24.8 Å². The number of hydrogen-bond acceptors (Lipinski definition) is 5. The van der Waals surface area contributed by atoms with Crippen LogP contribution in [0.2, 0.25) is 0 Å². The van der Waals surface area contributed by atoms with E-state index in [1.165, 1.54) is 6.07 Å². The summed E-state index contributed by atoms with van der Waals surface area (Å²) in [7, 11) is 0. The van der Waals surface area contributed by atoms with Crippen molar-refractivity contribution in [3.8, 4) is 0 Å². The standard InChI is InChI=1S/C24H24FN5O.2ClH/c25-20-7-2-4-9-22(20)29-14-12-28(13-15-29)10-5-11-30-17-27-23-18-6-1-3-8-21(18)26-16-19(23)24(30)31;;/h1-4,6-9,16-17H,5,10-15H2;2*1H. The van der Waals surface area contributed by atoms with Gasteiger partial charge in [-0.3, -0.25) is 19.2 Å². The summed E-state index contributed by atoms with van der Waals surface area (Å²) in [4.78, 5) is 26.3. The Balaban J connectivity index is 0.00000153. The van der Waals surface area contributed by atoms with Crippen LogP contribution >= 0.6 is 24.8 Å². The van der Waals surface area contributed by atoms with Gasteiger partial charge in [-0.25, -0.2) is 9.37 Å². The number of fused-ring (bicyclic) bond motifs is 3. The van der Waals surface area contributed by atoms with Crippen LogP contribution in [0.5, 0.6) is 0 Å². The molecule has 33 heavy (non-hydrogen) atoms. The first kappa shape index (κ1) is 24.9. The molecule has 0 amide bonds. The third-order valence-electron chi connectivity index (χ3n) is 6.00. The highest BCUT2D eigenvalue weighted by molar-refractivity contribution is 6.02. The predicted octanol–water partition coefficient (Wildman–Crippen LogP) is 4.14. The lowest BCUT2D eigenvalue weighted by molar-refractivity contribution is 0.249. The molecule has 0 unspecified atom stereocenters. The third-order valence-corrected chi connectivity index (χ3v) is 6.00. The van der Waals surface area contributed by atoms with E-state index in [0.717, 1.165) is 50.0 Å². The Morgan fingerprint density at radius 3 is 2.36 bits per heavy atom. The first-order chi connectivity index (χ1) is 15.2. The van der Waals surface area contributed by atoms with Crippen LogP contribution in [0.25, 0.3) is 21.8 Å². The zero-order valence-corrected chi connectivity index (χ0v) is 19.7. The van der Waals surface area contributed by atoms with E-state index >= 15 is 0 Å². The van der Waals surface area contributed by atoms with Crippen molar-refractivity contribution in [3.05, 3.63) is 77.2 Å². The van der Waals surface area contributed by atoms with Crippen molar-refractivity contribution in [2.24, 2.45) is 0 Å². The molecule has 0 radical (unpaired) electrons. The van der Waals surface area contributed by atoms with E-state index in [0.29, 0.717) is 23.1 Å². The van der Waals surface area contributed by atoms with Gasteiger partial charge in [0.2, 0.25) is 0 Å². The molecule has 0 spiro atoms. The van der Waals surface area contributed by atoms with E-state index in [1.54, 1.807) is 23.2 Å². The normalized spacial score (nSPS) is 14.2. The minimum atomic E-state index is -0.165. The van der Waals surface area contributed by atoms with Crippen LogP contribution in [0.15, 0.2) is 65.8 Å². The Morgan fingerprint density at radius 1 is 0.848 bits per heavy atom. The first-order valence-electron chi connectivity index (χ1n) is 10.7. The molecule has 5 rings (SSSR count). The Bertz CT molecular complexity index is 1290. The zero-order chi connectivity index (χ0) is 21.2. The Morgan fingerprint density at radius 2 is 1.58 bits per heavy atom. The second-order valence-corrected chi connectivity index (χ2v) is 7.91. The van der Waals surface area contributed by atoms with Gasteiger partial charge in [-0.2, -0.15) is 0 Å². The summed E-state index contributed by atoms with van der Waals surface area (Å²) in [5.41, 5.74) is 2.18. The van der Waals surface area contributed by atoms with E-state index in [4.69, 9.17) is 0 Å². The Labute approximate surface area is 203 Å². The van der Waals surface area contributed by atoms with Gasteiger partial charge in [0.1, 0.15) is 5.82 Å². The lowest BCUT2D eigenvalue weighted by Crippen LogP contribution is -2.47. The molecule has 4 aromatic rings. The van der Waals surface area contributed by atoms with Crippen LogP contribution in [0.4, 0.5) is 10.1 Å². The maximum Gasteiger partial charge on any atom is 0.262 e. The average Bonchev–Trinajstić information content (AvgIpc) is 2.81. The van der Waals surface area contributed by atoms with Crippen LogP contribution in [-0.2, 0) is 6.54 Å². The highest BCUT2D eigenvalue weighted by Gasteiger charge is 2.19. The van der Waals surface area contributed by atoms with Crippen LogP contribution < -0.4 is 10.5 Å². The molecule has 1 saturated heterocycles. The summed E-state index contributed by atoms with van der Waals surface area (Å²) in [5, 5.41) is 1.46. The van der Waals surface area contributed by atoms with Crippen LogP contribution in [0.3, 0.4) is 0 Å². The number of aromatic nitrogens is 3. The molecule has 1 aliphatic rings. The number of pyridine rings is 1. The molecule has 0 bridgehead atoms. The fraction of sp³-hybridized carbons (Fsp3) is 0.292. The van der Waals surface area contributed by atoms with Gasteiger partial charge < -0.3 is 4.90 Å². The van der Waals surface area contributed by atoms with E-state index < -0.39 is 0 Å². The average molecular weight is 490 g/mol. The number of para-hydroxylation sites is 2. The smallest absolute Gasteiger partial charge is 0.262 e. The number of anilines is 1. The Kier molecular flexibility index (Phi) is 8.24. The molecule has 3 heterocycles. The second-order valence-electron chi connectivity index (χ2n) is 7.91. The molecule has 9 heteroatoms. The minimum Gasteiger partial charge on any atom is -0.367 e. The summed E-state index contributed by atoms with van der Waals surface area (Å²) in [5.74, 6) is -0.165. The maximum absolute atomic E-state index is 14.0. The van der Waals surface area contributed by atoms with E-state index in [-0.39, 0.29) is 36.2 Å². The predicted molar refractivity (Wildman–Crippen MR) is 135 cm³/mol. The second kappa shape index (κ2) is 10.9. The number of rotatable bonds is 5. The SMILES string of the molecule is Cl.Cl.O=c1c2cnc3ccccc3c2ncn1CCCN1CCN(c2ccccc2F)CC1. The maximum atomic E-state index is 14.0. The topological polar surface area (TPSA) is 54.3 Å². The van der Waals surface area contributed by atoms with Crippen molar-refractivity contribution in [1.82, 2.24) is 19.4 Å². The highest BCUT2D eigenvalue weighted by atomic mass is 35.5. The highest BCUT2D eigenvalue weighted by Crippen LogP contribution is 2.21. The lowest BCUT2D eigenvalue weighted by atomic mass is 10.1. The summed E-state index contributed by atoms with van der Waals surface area (Å²) >= 11 is 0. The molecule has 0 atom stereocenters.